The van der Waals surface area contributed by atoms with Crippen LogP contribution < -0.4 is 4.72 Å². The minimum atomic E-state index is -4.05. The van der Waals surface area contributed by atoms with E-state index in [-0.39, 0.29) is 16.9 Å². The van der Waals surface area contributed by atoms with Crippen molar-refractivity contribution in [2.24, 2.45) is 0 Å². The van der Waals surface area contributed by atoms with Crippen LogP contribution in [0.4, 0.5) is 0 Å². The smallest absolute Gasteiger partial charge is 0.337 e. The summed E-state index contributed by atoms with van der Waals surface area (Å²) in [5.74, 6) is 0.105. The zero-order chi connectivity index (χ0) is 16.0. The first-order valence-corrected chi connectivity index (χ1v) is 7.17. The lowest BCUT2D eigenvalue weighted by molar-refractivity contribution is -0.138. The molecule has 7 nitrogen and oxygen atoms in total. The average molecular weight is 311 g/mol. The monoisotopic (exact) mass is 311 g/mol. The molecule has 0 aliphatic rings. The van der Waals surface area contributed by atoms with E-state index in [0.29, 0.717) is 0 Å². The number of hydrogen-bond donors (Lipinski definition) is 2. The Bertz CT molecular complexity index is 672. The van der Waals surface area contributed by atoms with Gasteiger partial charge in [0.1, 0.15) is 6.04 Å². The fraction of sp³-hybridized carbons (Fsp3) is 0.231. The maximum Gasteiger partial charge on any atom is 0.337 e. The van der Waals surface area contributed by atoms with E-state index in [1.807, 2.05) is 4.72 Å². The third-order valence-corrected chi connectivity index (χ3v) is 3.99. The number of benzene rings is 1. The molecule has 0 bridgehead atoms. The van der Waals surface area contributed by atoms with E-state index in [0.717, 1.165) is 0 Å². The maximum absolute atomic E-state index is 12.0. The van der Waals surface area contributed by atoms with Gasteiger partial charge >= 0.3 is 11.9 Å². The molecule has 21 heavy (non-hydrogen) atoms. The molecule has 8 heteroatoms. The highest BCUT2D eigenvalue weighted by atomic mass is 32.2. The van der Waals surface area contributed by atoms with Gasteiger partial charge in [0.05, 0.1) is 17.6 Å². The summed E-state index contributed by atoms with van der Waals surface area (Å²) in [6.07, 6.45) is 4.71. The Hall–Kier alpha value is -2.37. The van der Waals surface area contributed by atoms with Crippen molar-refractivity contribution in [1.29, 1.82) is 0 Å². The van der Waals surface area contributed by atoms with E-state index in [9.17, 15) is 18.0 Å². The molecule has 0 aliphatic carbocycles. The fourth-order valence-electron chi connectivity index (χ4n) is 1.44. The Balaban J connectivity index is 3.00. The first-order chi connectivity index (χ1) is 9.81. The van der Waals surface area contributed by atoms with E-state index < -0.39 is 28.0 Å². The number of terminal acetylenes is 1. The minimum Gasteiger partial charge on any atom is -0.480 e. The number of rotatable bonds is 6. The molecule has 0 amide bonds. The highest BCUT2D eigenvalue weighted by Gasteiger charge is 2.24. The van der Waals surface area contributed by atoms with Gasteiger partial charge in [-0.1, -0.05) is 0 Å². The molecule has 1 aromatic rings. The SMILES string of the molecule is C#CCC(NS(=O)(=O)c1ccc(C(=O)OC)cc1)C(=O)O. The predicted molar refractivity (Wildman–Crippen MR) is 73.0 cm³/mol. The Morgan fingerprint density at radius 1 is 1.38 bits per heavy atom. The van der Waals surface area contributed by atoms with Gasteiger partial charge in [-0.15, -0.1) is 12.3 Å². The maximum atomic E-state index is 12.0. The zero-order valence-corrected chi connectivity index (χ0v) is 11.9. The van der Waals surface area contributed by atoms with Crippen molar-refractivity contribution in [2.45, 2.75) is 17.4 Å². The number of hydrogen-bond acceptors (Lipinski definition) is 5. The Morgan fingerprint density at radius 2 is 1.95 bits per heavy atom. The molecule has 1 aromatic carbocycles. The quantitative estimate of drug-likeness (QED) is 0.575. The van der Waals surface area contributed by atoms with Crippen LogP contribution in [0.25, 0.3) is 0 Å². The summed E-state index contributed by atoms with van der Waals surface area (Å²) in [5.41, 5.74) is 0.176. The van der Waals surface area contributed by atoms with Gasteiger partial charge in [0.25, 0.3) is 0 Å². The number of methoxy groups -OCH3 is 1. The molecule has 2 N–H and O–H groups in total. The number of esters is 1. The topological polar surface area (TPSA) is 110 Å². The predicted octanol–water partition coefficient (Wildman–Crippen LogP) is 0.228. The zero-order valence-electron chi connectivity index (χ0n) is 11.1. The van der Waals surface area contributed by atoms with Crippen molar-refractivity contribution in [3.8, 4) is 12.3 Å². The Labute approximate surface area is 122 Å². The molecule has 112 valence electrons. The van der Waals surface area contributed by atoms with Crippen molar-refractivity contribution in [3.05, 3.63) is 29.8 Å². The molecule has 0 aromatic heterocycles. The summed E-state index contributed by atoms with van der Waals surface area (Å²) in [7, 11) is -2.85. The molecule has 0 radical (unpaired) electrons. The molecule has 0 saturated heterocycles. The molecule has 0 spiro atoms. The lowest BCUT2D eigenvalue weighted by Crippen LogP contribution is -2.40. The second kappa shape index (κ2) is 6.88. The number of nitrogens with one attached hydrogen (secondary N) is 1. The number of ether oxygens (including phenoxy) is 1. The fourth-order valence-corrected chi connectivity index (χ4v) is 2.63. The van der Waals surface area contributed by atoms with Crippen LogP contribution in [0.1, 0.15) is 16.8 Å². The summed E-state index contributed by atoms with van der Waals surface area (Å²) >= 11 is 0. The largest absolute Gasteiger partial charge is 0.480 e. The molecule has 0 fully saturated rings. The summed E-state index contributed by atoms with van der Waals surface area (Å²) in [6.45, 7) is 0. The van der Waals surface area contributed by atoms with Crippen LogP contribution in [0, 0.1) is 12.3 Å². The number of aliphatic carboxylic acids is 1. The normalized spacial score (nSPS) is 12.2. The van der Waals surface area contributed by atoms with Crippen LogP contribution in [0.15, 0.2) is 29.2 Å². The highest BCUT2D eigenvalue weighted by molar-refractivity contribution is 7.89. The van der Waals surface area contributed by atoms with Crippen molar-refractivity contribution < 1.29 is 27.9 Å². The van der Waals surface area contributed by atoms with E-state index in [4.69, 9.17) is 11.5 Å². The number of carbonyl (C=O) groups is 2. The first-order valence-electron chi connectivity index (χ1n) is 5.69. The van der Waals surface area contributed by atoms with Gasteiger partial charge in [-0.2, -0.15) is 4.72 Å². The number of carboxylic acids is 1. The van der Waals surface area contributed by atoms with Crippen LogP contribution in [0.2, 0.25) is 0 Å². The summed E-state index contributed by atoms with van der Waals surface area (Å²) in [5, 5.41) is 8.88. The van der Waals surface area contributed by atoms with Crippen LogP contribution >= 0.6 is 0 Å². The minimum absolute atomic E-state index is 0.176. The van der Waals surface area contributed by atoms with Crippen molar-refractivity contribution in [1.82, 2.24) is 4.72 Å². The van der Waals surface area contributed by atoms with Crippen LogP contribution in [-0.4, -0.2) is 38.6 Å². The lowest BCUT2D eigenvalue weighted by Gasteiger charge is -2.12. The highest BCUT2D eigenvalue weighted by Crippen LogP contribution is 2.12. The molecule has 1 rings (SSSR count). The van der Waals surface area contributed by atoms with Crippen LogP contribution in [0.3, 0.4) is 0 Å². The molecular weight excluding hydrogens is 298 g/mol. The summed E-state index contributed by atoms with van der Waals surface area (Å²) in [6, 6.07) is 3.45. The molecule has 0 saturated carbocycles. The van der Waals surface area contributed by atoms with Gasteiger partial charge < -0.3 is 9.84 Å². The number of carbonyl (C=O) groups excluding carboxylic acids is 1. The average Bonchev–Trinajstić information content (AvgIpc) is 2.45. The van der Waals surface area contributed by atoms with E-state index >= 15 is 0 Å². The van der Waals surface area contributed by atoms with Gasteiger partial charge in [-0.3, -0.25) is 4.79 Å². The number of sulfonamides is 1. The first kappa shape index (κ1) is 16.7. The van der Waals surface area contributed by atoms with Crippen LogP contribution in [0.5, 0.6) is 0 Å². The van der Waals surface area contributed by atoms with Crippen molar-refractivity contribution in [3.63, 3.8) is 0 Å². The van der Waals surface area contributed by atoms with Gasteiger partial charge in [0, 0.05) is 6.42 Å². The third kappa shape index (κ3) is 4.30. The Kier molecular flexibility index (Phi) is 5.46. The van der Waals surface area contributed by atoms with Gasteiger partial charge in [0.2, 0.25) is 10.0 Å². The lowest BCUT2D eigenvalue weighted by atomic mass is 10.2. The molecular formula is C13H13NO6S. The van der Waals surface area contributed by atoms with E-state index in [1.165, 1.54) is 31.4 Å². The molecule has 1 atom stereocenters. The second-order valence-corrected chi connectivity index (χ2v) is 5.65. The Morgan fingerprint density at radius 3 is 2.38 bits per heavy atom. The molecule has 0 heterocycles. The van der Waals surface area contributed by atoms with E-state index in [1.54, 1.807) is 0 Å². The van der Waals surface area contributed by atoms with Crippen molar-refractivity contribution in [2.75, 3.05) is 7.11 Å². The molecule has 0 aliphatic heterocycles. The summed E-state index contributed by atoms with van der Waals surface area (Å²) in [4.78, 5) is 22.0. The van der Waals surface area contributed by atoms with Crippen LogP contribution in [-0.2, 0) is 19.6 Å². The van der Waals surface area contributed by atoms with Gasteiger partial charge in [-0.25, -0.2) is 13.2 Å². The summed E-state index contributed by atoms with van der Waals surface area (Å²) < 4.78 is 30.5. The van der Waals surface area contributed by atoms with Crippen molar-refractivity contribution >= 4 is 22.0 Å². The second-order valence-electron chi connectivity index (χ2n) is 3.94. The number of carboxylic acid groups (broad SMARTS) is 1. The van der Waals surface area contributed by atoms with Gasteiger partial charge in [0.15, 0.2) is 0 Å². The molecule has 1 unspecified atom stereocenters. The van der Waals surface area contributed by atoms with Gasteiger partial charge in [-0.05, 0) is 24.3 Å². The standard InChI is InChI=1S/C13H13NO6S/c1-3-4-11(12(15)16)14-21(18,19)10-7-5-9(6-8-10)13(17)20-2/h1,5-8,11,14H,4H2,2H3,(H,15,16). The third-order valence-electron chi connectivity index (χ3n) is 2.50. The van der Waals surface area contributed by atoms with E-state index in [2.05, 4.69) is 10.7 Å².